The van der Waals surface area contributed by atoms with Gasteiger partial charge < -0.3 is 20.3 Å². The highest BCUT2D eigenvalue weighted by molar-refractivity contribution is 7.18. The number of fused-ring (bicyclic) bond motifs is 1. The average Bonchev–Trinajstić information content (AvgIpc) is 3.84. The molecule has 10 nitrogen and oxygen atoms in total. The Bertz CT molecular complexity index is 2160. The van der Waals surface area contributed by atoms with Gasteiger partial charge in [0.2, 0.25) is 11.8 Å². The molecule has 1 amide bonds. The van der Waals surface area contributed by atoms with Gasteiger partial charge in [-0.15, -0.1) is 11.3 Å². The molecule has 5 heterocycles. The Labute approximate surface area is 315 Å². The zero-order valence-corrected chi connectivity index (χ0v) is 31.2. The van der Waals surface area contributed by atoms with E-state index in [2.05, 4.69) is 17.2 Å². The highest BCUT2D eigenvalue weighted by atomic mass is 35.5. The molecule has 2 aromatic carbocycles. The van der Waals surface area contributed by atoms with Crippen LogP contribution in [-0.4, -0.2) is 73.8 Å². The number of benzene rings is 2. The fraction of sp³-hybridized carbons (Fsp3) is 0.359. The van der Waals surface area contributed by atoms with Crippen molar-refractivity contribution in [1.82, 2.24) is 25.2 Å². The number of aliphatic carboxylic acids is 1. The highest BCUT2D eigenvalue weighted by Gasteiger charge is 2.36. The van der Waals surface area contributed by atoms with Gasteiger partial charge in [-0.1, -0.05) is 59.6 Å². The minimum absolute atomic E-state index is 0.132. The number of aryl methyl sites for hydroxylation is 1. The van der Waals surface area contributed by atoms with Gasteiger partial charge in [0.05, 0.1) is 45.9 Å². The summed E-state index contributed by atoms with van der Waals surface area (Å²) in [5.74, 6) is -0.242. The Balaban J connectivity index is 1.13. The minimum atomic E-state index is -0.941. The van der Waals surface area contributed by atoms with E-state index in [-0.39, 0.29) is 18.4 Å². The van der Waals surface area contributed by atoms with Crippen LogP contribution in [0.4, 0.5) is 0 Å². The molecule has 7 rings (SSSR count). The van der Waals surface area contributed by atoms with Crippen molar-refractivity contribution in [2.45, 2.75) is 76.6 Å². The number of carbonyl (C=O) groups is 2. The maximum Gasteiger partial charge on any atom is 0.321 e. The molecule has 270 valence electrons. The Hall–Kier alpha value is -4.13. The number of nitrogens with zero attached hydrogens (tertiary/aromatic N) is 4. The van der Waals surface area contributed by atoms with Crippen molar-refractivity contribution in [3.05, 3.63) is 92.2 Å². The van der Waals surface area contributed by atoms with Crippen molar-refractivity contribution in [2.75, 3.05) is 13.7 Å². The van der Waals surface area contributed by atoms with E-state index < -0.39 is 18.1 Å². The molecule has 3 aromatic heterocycles. The number of carbonyl (C=O) groups excluding carboxylic acids is 1. The number of methoxy groups -OCH3 is 1. The summed E-state index contributed by atoms with van der Waals surface area (Å²) in [4.78, 5) is 39.5. The number of β-amino-alcohol motifs (C(OH)–C–C–N with tert-alkyl or cyclic N) is 1. The average molecular weight is 761 g/mol. The van der Waals surface area contributed by atoms with Crippen LogP contribution in [0.3, 0.4) is 0 Å². The Morgan fingerprint density at radius 2 is 1.87 bits per heavy atom. The third-order valence-corrected chi connectivity index (χ3v) is 11.9. The van der Waals surface area contributed by atoms with Gasteiger partial charge >= 0.3 is 5.97 Å². The van der Waals surface area contributed by atoms with Crippen LogP contribution in [0, 0.1) is 6.92 Å². The summed E-state index contributed by atoms with van der Waals surface area (Å²) in [5.41, 5.74) is 7.50. The Morgan fingerprint density at radius 3 is 2.62 bits per heavy atom. The lowest BCUT2D eigenvalue weighted by atomic mass is 9.96. The van der Waals surface area contributed by atoms with E-state index in [1.807, 2.05) is 48.5 Å². The van der Waals surface area contributed by atoms with Crippen LogP contribution >= 0.6 is 34.5 Å². The first-order valence-corrected chi connectivity index (χ1v) is 19.0. The predicted octanol–water partition coefficient (Wildman–Crippen LogP) is 7.26. The molecule has 3 atom stereocenters. The van der Waals surface area contributed by atoms with Gasteiger partial charge in [-0.25, -0.2) is 9.97 Å². The lowest BCUT2D eigenvalue weighted by Gasteiger charge is -2.18. The van der Waals surface area contributed by atoms with Gasteiger partial charge in [-0.3, -0.25) is 19.5 Å². The summed E-state index contributed by atoms with van der Waals surface area (Å²) < 4.78 is 6.71. The van der Waals surface area contributed by atoms with Crippen LogP contribution in [0.1, 0.15) is 59.5 Å². The molecule has 2 aliphatic heterocycles. The standard InChI is InChI=1S/C39H39Cl2N5O5S/c1-21-16-29(44-38(51-2)25(21)8-4-7-23-12-13-33(48)43-23)28-11-5-10-27(36(28)41)26-9-3-6-22(35(26)40)17-30-37-32(14-15-42-30)52-34(45-37)20-46-19-24(47)18-31(46)39(49)50/h3,5-6,9-11,14-16,23-24,31,47H,4,7-8,12-13,17-20H2,1-2H3,(H,43,48)(H,49,50)/t23-,24+,31+/m1/s1. The molecule has 2 aliphatic rings. The first-order valence-electron chi connectivity index (χ1n) is 17.4. The summed E-state index contributed by atoms with van der Waals surface area (Å²) in [6.07, 6.45) is 5.83. The van der Waals surface area contributed by atoms with Crippen LogP contribution in [-0.2, 0) is 29.0 Å². The molecule has 0 spiro atoms. The smallest absolute Gasteiger partial charge is 0.321 e. The molecule has 52 heavy (non-hydrogen) atoms. The number of halogens is 2. The zero-order valence-electron chi connectivity index (χ0n) is 28.9. The molecular weight excluding hydrogens is 721 g/mol. The number of ether oxygens (including phenoxy) is 1. The number of hydrogen-bond donors (Lipinski definition) is 3. The van der Waals surface area contributed by atoms with Gasteiger partial charge in [-0.05, 0) is 55.9 Å². The largest absolute Gasteiger partial charge is 0.481 e. The SMILES string of the molecule is COc1nc(-c2cccc(-c3cccc(Cc4nccc5sc(CN6C[C@@H](O)C[C@H]6C(=O)O)nc45)c3Cl)c2Cl)cc(C)c1CCC[C@@H]1CCC(=O)N1. The van der Waals surface area contributed by atoms with E-state index in [0.717, 1.165) is 80.0 Å². The number of carboxylic acid groups (broad SMARTS) is 1. The monoisotopic (exact) mass is 759 g/mol. The number of aromatic nitrogens is 3. The lowest BCUT2D eigenvalue weighted by Crippen LogP contribution is -2.35. The van der Waals surface area contributed by atoms with Crippen LogP contribution in [0.15, 0.2) is 54.7 Å². The molecule has 0 unspecified atom stereocenters. The fourth-order valence-corrected chi connectivity index (χ4v) is 9.01. The summed E-state index contributed by atoms with van der Waals surface area (Å²) in [7, 11) is 1.63. The van der Waals surface area contributed by atoms with Crippen molar-refractivity contribution < 1.29 is 24.5 Å². The topological polar surface area (TPSA) is 138 Å². The third kappa shape index (κ3) is 7.51. The molecule has 2 fully saturated rings. The van der Waals surface area contributed by atoms with Crippen LogP contribution < -0.4 is 10.1 Å². The number of aliphatic hydroxyl groups excluding tert-OH is 1. The number of amides is 1. The number of likely N-dealkylation sites (tertiary alicyclic amines) is 1. The second-order valence-electron chi connectivity index (χ2n) is 13.5. The summed E-state index contributed by atoms with van der Waals surface area (Å²) in [5, 5.41) is 24.6. The normalized spacial score (nSPS) is 19.0. The molecular formula is C39H39Cl2N5O5S. The van der Waals surface area contributed by atoms with Crippen molar-refractivity contribution in [3.63, 3.8) is 0 Å². The quantitative estimate of drug-likeness (QED) is 0.120. The van der Waals surface area contributed by atoms with Crippen molar-refractivity contribution in [2.24, 2.45) is 0 Å². The van der Waals surface area contributed by atoms with Crippen molar-refractivity contribution in [3.8, 4) is 28.3 Å². The second kappa shape index (κ2) is 15.5. The second-order valence-corrected chi connectivity index (χ2v) is 15.4. The first-order chi connectivity index (χ1) is 25.1. The summed E-state index contributed by atoms with van der Waals surface area (Å²) in [6, 6.07) is 15.2. The Kier molecular flexibility index (Phi) is 10.8. The maximum absolute atomic E-state index is 11.8. The molecule has 5 aromatic rings. The summed E-state index contributed by atoms with van der Waals surface area (Å²) >= 11 is 15.8. The van der Waals surface area contributed by atoms with E-state index in [9.17, 15) is 19.8 Å². The number of pyridine rings is 2. The Morgan fingerprint density at radius 1 is 1.10 bits per heavy atom. The van der Waals surface area contributed by atoms with E-state index in [4.69, 9.17) is 37.9 Å². The van der Waals surface area contributed by atoms with Gasteiger partial charge in [0.1, 0.15) is 16.6 Å². The van der Waals surface area contributed by atoms with E-state index >= 15 is 0 Å². The molecule has 13 heteroatoms. The number of rotatable bonds is 12. The first kappa shape index (κ1) is 36.2. The van der Waals surface area contributed by atoms with Gasteiger partial charge in [0, 0.05) is 60.3 Å². The molecule has 3 N–H and O–H groups in total. The number of hydrogen-bond acceptors (Lipinski definition) is 9. The number of nitrogens with one attached hydrogen (secondary N) is 1. The third-order valence-electron chi connectivity index (χ3n) is 10.0. The van der Waals surface area contributed by atoms with Crippen LogP contribution in [0.5, 0.6) is 5.88 Å². The van der Waals surface area contributed by atoms with Gasteiger partial charge in [0.15, 0.2) is 0 Å². The highest BCUT2D eigenvalue weighted by Crippen LogP contribution is 2.41. The molecule has 0 radical (unpaired) electrons. The van der Waals surface area contributed by atoms with Gasteiger partial charge in [-0.2, -0.15) is 0 Å². The van der Waals surface area contributed by atoms with Crippen molar-refractivity contribution >= 4 is 56.6 Å². The molecule has 0 bridgehead atoms. The predicted molar refractivity (Wildman–Crippen MR) is 203 cm³/mol. The van der Waals surface area contributed by atoms with E-state index in [1.165, 1.54) is 11.3 Å². The van der Waals surface area contributed by atoms with Crippen LogP contribution in [0.2, 0.25) is 10.0 Å². The maximum atomic E-state index is 11.8. The van der Waals surface area contributed by atoms with E-state index in [1.54, 1.807) is 18.2 Å². The number of carboxylic acids is 1. The molecule has 2 saturated heterocycles. The van der Waals surface area contributed by atoms with Crippen LogP contribution in [0.25, 0.3) is 32.6 Å². The summed E-state index contributed by atoms with van der Waals surface area (Å²) in [6.45, 7) is 2.69. The fourth-order valence-electron chi connectivity index (χ4n) is 7.38. The molecule has 0 aliphatic carbocycles. The zero-order chi connectivity index (χ0) is 36.5. The lowest BCUT2D eigenvalue weighted by molar-refractivity contribution is -0.142. The molecule has 0 saturated carbocycles. The number of aliphatic hydroxyl groups is 1. The minimum Gasteiger partial charge on any atom is -0.481 e. The van der Waals surface area contributed by atoms with E-state index in [0.29, 0.717) is 47.6 Å². The van der Waals surface area contributed by atoms with Gasteiger partial charge in [0.25, 0.3) is 0 Å². The number of thiazole rings is 1. The van der Waals surface area contributed by atoms with Crippen molar-refractivity contribution in [1.29, 1.82) is 0 Å².